The highest BCUT2D eigenvalue weighted by Crippen LogP contribution is 2.28. The monoisotopic (exact) mass is 568 g/mol. The summed E-state index contributed by atoms with van der Waals surface area (Å²) in [6, 6.07) is 25.9. The maximum atomic E-state index is 14.4. The molecule has 39 heavy (non-hydrogen) atoms. The van der Waals surface area contributed by atoms with Gasteiger partial charge in [0.15, 0.2) is 6.61 Å². The summed E-state index contributed by atoms with van der Waals surface area (Å²) in [5.41, 5.74) is 8.34. The van der Waals surface area contributed by atoms with E-state index in [1.807, 2.05) is 24.3 Å². The smallest absolute Gasteiger partial charge is 0.349 e. The molecule has 0 heterocycles. The van der Waals surface area contributed by atoms with E-state index >= 15 is 0 Å². The van der Waals surface area contributed by atoms with E-state index < -0.39 is 17.6 Å². The van der Waals surface area contributed by atoms with Crippen LogP contribution in [0.1, 0.15) is 5.56 Å². The SMILES string of the molecule is N#Cc1ccc(-c2ccc(OCC(=O)Oc3ccc(-c4ccc(F)cc4)c(F)c3)cc2)cc1.NPPCCF. The third-order valence-corrected chi connectivity index (χ3v) is 7.21. The van der Waals surface area contributed by atoms with Crippen molar-refractivity contribution in [1.29, 1.82) is 5.26 Å². The van der Waals surface area contributed by atoms with Crippen LogP contribution >= 0.6 is 16.7 Å². The van der Waals surface area contributed by atoms with Crippen LogP contribution in [0, 0.1) is 23.0 Å². The Hall–Kier alpha value is -3.75. The average molecular weight is 568 g/mol. The number of nitrogens with two attached hydrogens (primary N) is 1. The lowest BCUT2D eigenvalue weighted by molar-refractivity contribution is -0.136. The van der Waals surface area contributed by atoms with E-state index in [0.717, 1.165) is 17.2 Å². The Bertz CT molecular complexity index is 1390. The quantitative estimate of drug-likeness (QED) is 0.0995. The van der Waals surface area contributed by atoms with Crippen LogP contribution in [0.2, 0.25) is 0 Å². The number of esters is 1. The number of rotatable bonds is 9. The van der Waals surface area contributed by atoms with Gasteiger partial charge in [-0.2, -0.15) is 5.26 Å². The number of carbonyl (C=O) groups excluding carboxylic acids is 1. The number of hydrogen-bond donors (Lipinski definition) is 1. The molecule has 4 rings (SSSR count). The Kier molecular flexibility index (Phi) is 11.9. The molecule has 0 fully saturated rings. The van der Waals surface area contributed by atoms with Crippen molar-refractivity contribution < 1.29 is 27.4 Å². The summed E-state index contributed by atoms with van der Waals surface area (Å²) >= 11 is 0. The van der Waals surface area contributed by atoms with Crippen LogP contribution < -0.4 is 15.0 Å². The van der Waals surface area contributed by atoms with Gasteiger partial charge in [-0.1, -0.05) is 44.7 Å². The Balaban J connectivity index is 0.000000631. The number of alkyl halides is 1. The second-order valence-corrected chi connectivity index (χ2v) is 11.0. The number of nitriles is 1. The van der Waals surface area contributed by atoms with Crippen molar-refractivity contribution in [2.24, 2.45) is 5.50 Å². The lowest BCUT2D eigenvalue weighted by Crippen LogP contribution is -2.17. The fourth-order valence-corrected chi connectivity index (χ4v) is 4.28. The molecule has 0 aromatic heterocycles. The fourth-order valence-electron chi connectivity index (χ4n) is 3.33. The minimum atomic E-state index is -0.680. The summed E-state index contributed by atoms with van der Waals surface area (Å²) in [7, 11) is 1.10. The van der Waals surface area contributed by atoms with Crippen molar-refractivity contribution in [2.75, 3.05) is 19.4 Å². The molecule has 2 atom stereocenters. The van der Waals surface area contributed by atoms with Gasteiger partial charge in [0.2, 0.25) is 0 Å². The van der Waals surface area contributed by atoms with Crippen LogP contribution in [0.3, 0.4) is 0 Å². The molecule has 200 valence electrons. The van der Waals surface area contributed by atoms with E-state index in [4.69, 9.17) is 20.2 Å². The zero-order valence-corrected chi connectivity index (χ0v) is 22.7. The van der Waals surface area contributed by atoms with E-state index in [2.05, 4.69) is 6.07 Å². The van der Waals surface area contributed by atoms with Crippen LogP contribution in [0.5, 0.6) is 11.5 Å². The van der Waals surface area contributed by atoms with E-state index in [-0.39, 0.29) is 24.6 Å². The molecule has 0 aliphatic carbocycles. The van der Waals surface area contributed by atoms with Gasteiger partial charge in [0.1, 0.15) is 23.1 Å². The maximum absolute atomic E-state index is 14.4. The van der Waals surface area contributed by atoms with Crippen molar-refractivity contribution in [1.82, 2.24) is 0 Å². The molecule has 0 radical (unpaired) electrons. The normalized spacial score (nSPS) is 10.7. The summed E-state index contributed by atoms with van der Waals surface area (Å²) in [5, 5.41) is 8.88. The van der Waals surface area contributed by atoms with Crippen LogP contribution in [0.25, 0.3) is 22.3 Å². The van der Waals surface area contributed by atoms with Crippen molar-refractivity contribution >= 4 is 22.7 Å². The first kappa shape index (κ1) is 29.8. The summed E-state index contributed by atoms with van der Waals surface area (Å²) in [6.45, 7) is -0.555. The largest absolute Gasteiger partial charge is 0.482 e. The molecule has 2 unspecified atom stereocenters. The highest BCUT2D eigenvalue weighted by molar-refractivity contribution is 8.10. The van der Waals surface area contributed by atoms with Crippen LogP contribution in [-0.2, 0) is 4.79 Å². The predicted molar refractivity (Wildman–Crippen MR) is 151 cm³/mol. The molecule has 0 aliphatic rings. The number of benzene rings is 4. The van der Waals surface area contributed by atoms with Crippen molar-refractivity contribution in [3.05, 3.63) is 108 Å². The molecule has 0 spiro atoms. The summed E-state index contributed by atoms with van der Waals surface area (Å²) in [4.78, 5) is 12.1. The number of ether oxygens (including phenoxy) is 2. The molecule has 0 bridgehead atoms. The molecule has 0 aliphatic heterocycles. The second-order valence-electron chi connectivity index (χ2n) is 7.88. The molecule has 0 saturated heterocycles. The van der Waals surface area contributed by atoms with E-state index in [0.29, 0.717) is 39.7 Å². The minimum Gasteiger partial charge on any atom is -0.482 e. The molecule has 2 N–H and O–H groups in total. The van der Waals surface area contributed by atoms with Crippen molar-refractivity contribution in [2.45, 2.75) is 0 Å². The van der Waals surface area contributed by atoms with Gasteiger partial charge in [0, 0.05) is 11.6 Å². The molecule has 10 heteroatoms. The van der Waals surface area contributed by atoms with E-state index in [9.17, 15) is 18.0 Å². The number of hydrogen-bond acceptors (Lipinski definition) is 5. The Morgan fingerprint density at radius 1 is 0.846 bits per heavy atom. The average Bonchev–Trinajstić information content (AvgIpc) is 2.96. The van der Waals surface area contributed by atoms with Gasteiger partial charge in [-0.15, -0.1) is 0 Å². The van der Waals surface area contributed by atoms with Gasteiger partial charge >= 0.3 is 5.97 Å². The molecule has 4 aromatic rings. The second kappa shape index (κ2) is 15.6. The highest BCUT2D eigenvalue weighted by atomic mass is 32.0. The van der Waals surface area contributed by atoms with Crippen LogP contribution in [-0.4, -0.2) is 25.4 Å². The first-order valence-corrected chi connectivity index (χ1v) is 15.0. The number of carbonyl (C=O) groups is 1. The van der Waals surface area contributed by atoms with Gasteiger partial charge in [0.25, 0.3) is 0 Å². The van der Waals surface area contributed by atoms with Crippen LogP contribution in [0.4, 0.5) is 13.2 Å². The van der Waals surface area contributed by atoms with Crippen molar-refractivity contribution in [3.8, 4) is 39.8 Å². The molecular formula is C29H25F3N2O3P2. The summed E-state index contributed by atoms with van der Waals surface area (Å²) in [5.74, 6) is -1.16. The molecular weight excluding hydrogens is 543 g/mol. The minimum absolute atomic E-state index is 0.0446. The Morgan fingerprint density at radius 3 is 1.97 bits per heavy atom. The first-order chi connectivity index (χ1) is 18.9. The summed E-state index contributed by atoms with van der Waals surface area (Å²) in [6.07, 6.45) is 0.662. The Labute approximate surface area is 228 Å². The van der Waals surface area contributed by atoms with Crippen LogP contribution in [0.15, 0.2) is 91.0 Å². The van der Waals surface area contributed by atoms with Gasteiger partial charge in [-0.3, -0.25) is 4.39 Å². The maximum Gasteiger partial charge on any atom is 0.349 e. The zero-order valence-electron chi connectivity index (χ0n) is 20.7. The van der Waals surface area contributed by atoms with Crippen molar-refractivity contribution in [3.63, 3.8) is 0 Å². The summed E-state index contributed by atoms with van der Waals surface area (Å²) < 4.78 is 49.2. The van der Waals surface area contributed by atoms with E-state index in [1.54, 1.807) is 24.3 Å². The standard InChI is InChI=1S/C27H17F2NO3.C2H8FNP2/c28-22-9-5-21(6-10-22)25-14-13-24(15-26(25)29)33-27(31)17-32-23-11-7-20(8-12-23)19-3-1-18(16-30)2-4-19;3-1-2-5-6-4/h1-15H,17H2;5-6H,1-2,4H2. The lowest BCUT2D eigenvalue weighted by atomic mass is 10.0. The van der Waals surface area contributed by atoms with Gasteiger partial charge in [0.05, 0.1) is 18.3 Å². The zero-order chi connectivity index (χ0) is 28.0. The van der Waals surface area contributed by atoms with E-state index in [1.165, 1.54) is 36.4 Å². The van der Waals surface area contributed by atoms with Gasteiger partial charge < -0.3 is 15.0 Å². The predicted octanol–water partition coefficient (Wildman–Crippen LogP) is 7.26. The first-order valence-electron chi connectivity index (χ1n) is 11.7. The third-order valence-electron chi connectivity index (χ3n) is 5.21. The molecule has 4 aromatic carbocycles. The highest BCUT2D eigenvalue weighted by Gasteiger charge is 2.11. The molecule has 0 amide bonds. The third kappa shape index (κ3) is 9.50. The van der Waals surface area contributed by atoms with Gasteiger partial charge in [-0.05, 0) is 79.8 Å². The molecule has 5 nitrogen and oxygen atoms in total. The molecule has 0 saturated carbocycles. The van der Waals surface area contributed by atoms with Gasteiger partial charge in [-0.25, -0.2) is 13.6 Å². The topological polar surface area (TPSA) is 85.3 Å². The number of halogens is 3. The Morgan fingerprint density at radius 2 is 1.44 bits per heavy atom. The fraction of sp³-hybridized carbons (Fsp3) is 0.103. The lowest BCUT2D eigenvalue weighted by Gasteiger charge is -2.09. The number of nitrogens with zero attached hydrogens (tertiary/aromatic N) is 1.